The number of aromatic amines is 1. The molecule has 0 radical (unpaired) electrons. The van der Waals surface area contributed by atoms with E-state index >= 15 is 0 Å². The maximum atomic E-state index is 12.2. The molecule has 0 aliphatic carbocycles. The van der Waals surface area contributed by atoms with E-state index < -0.39 is 5.25 Å². The van der Waals surface area contributed by atoms with Crippen LogP contribution in [0.3, 0.4) is 0 Å². The van der Waals surface area contributed by atoms with Gasteiger partial charge in [-0.15, -0.1) is 0 Å². The molecule has 0 aliphatic rings. The topological polar surface area (TPSA) is 110 Å². The molecule has 0 saturated carbocycles. The van der Waals surface area contributed by atoms with Gasteiger partial charge in [0.25, 0.3) is 5.56 Å². The monoisotopic (exact) mass is 354 g/mol. The number of hydrogen-bond donors (Lipinski definition) is 3. The molecule has 0 aliphatic heterocycles. The number of aromatic nitrogens is 2. The van der Waals surface area contributed by atoms with Crippen molar-refractivity contribution >= 4 is 40.8 Å². The maximum Gasteiger partial charge on any atom is 0.253 e. The number of thioether (sulfide) groups is 1. The van der Waals surface area contributed by atoms with Crippen molar-refractivity contribution in [3.8, 4) is 5.75 Å². The van der Waals surface area contributed by atoms with Crippen LogP contribution in [-0.2, 0) is 4.79 Å². The Morgan fingerprint density at radius 3 is 2.83 bits per heavy atom. The van der Waals surface area contributed by atoms with E-state index in [1.165, 1.54) is 13.2 Å². The third kappa shape index (κ3) is 4.64. The molecule has 1 unspecified atom stereocenters. The average molecular weight is 355 g/mol. The van der Waals surface area contributed by atoms with Crippen molar-refractivity contribution in [3.05, 3.63) is 39.6 Å². The van der Waals surface area contributed by atoms with E-state index in [9.17, 15) is 9.59 Å². The number of halogens is 1. The molecule has 4 N–H and O–H groups in total. The average Bonchev–Trinajstić information content (AvgIpc) is 2.46. The van der Waals surface area contributed by atoms with Gasteiger partial charge in [-0.25, -0.2) is 4.98 Å². The number of benzene rings is 1. The zero-order valence-electron chi connectivity index (χ0n) is 12.4. The van der Waals surface area contributed by atoms with Gasteiger partial charge in [0.05, 0.1) is 17.4 Å². The van der Waals surface area contributed by atoms with Crippen molar-refractivity contribution in [1.29, 1.82) is 0 Å². The van der Waals surface area contributed by atoms with E-state index in [-0.39, 0.29) is 22.4 Å². The van der Waals surface area contributed by atoms with Crippen LogP contribution in [0.15, 0.2) is 34.2 Å². The normalized spacial score (nSPS) is 11.8. The van der Waals surface area contributed by atoms with Gasteiger partial charge in [-0.05, 0) is 25.1 Å². The predicted molar refractivity (Wildman–Crippen MR) is 91.2 cm³/mol. The van der Waals surface area contributed by atoms with E-state index in [1.807, 2.05) is 0 Å². The second-order valence-electron chi connectivity index (χ2n) is 4.57. The molecule has 1 atom stereocenters. The second kappa shape index (κ2) is 7.38. The van der Waals surface area contributed by atoms with Crippen molar-refractivity contribution in [2.24, 2.45) is 0 Å². The lowest BCUT2D eigenvalue weighted by molar-refractivity contribution is -0.115. The first kappa shape index (κ1) is 17.2. The van der Waals surface area contributed by atoms with E-state index in [0.29, 0.717) is 16.5 Å². The van der Waals surface area contributed by atoms with Crippen LogP contribution in [0.25, 0.3) is 0 Å². The highest BCUT2D eigenvalue weighted by atomic mass is 35.5. The number of nitrogen functional groups attached to an aromatic ring is 1. The molecule has 1 aromatic carbocycles. The minimum Gasteiger partial charge on any atom is -0.495 e. The van der Waals surface area contributed by atoms with Crippen LogP contribution in [0.1, 0.15) is 6.92 Å². The number of ether oxygens (including phenoxy) is 1. The zero-order valence-corrected chi connectivity index (χ0v) is 14.0. The largest absolute Gasteiger partial charge is 0.495 e. The number of nitrogens with one attached hydrogen (secondary N) is 2. The van der Waals surface area contributed by atoms with E-state index in [2.05, 4.69) is 15.3 Å². The highest BCUT2D eigenvalue weighted by molar-refractivity contribution is 8.00. The molecule has 2 aromatic rings. The Kier molecular flexibility index (Phi) is 5.51. The first-order chi connectivity index (χ1) is 10.9. The number of nitrogens with zero attached hydrogens (tertiary/aromatic N) is 1. The van der Waals surface area contributed by atoms with Gasteiger partial charge in [-0.3, -0.25) is 9.59 Å². The summed E-state index contributed by atoms with van der Waals surface area (Å²) >= 11 is 7.11. The molecule has 7 nitrogen and oxygen atoms in total. The van der Waals surface area contributed by atoms with Gasteiger partial charge < -0.3 is 20.8 Å². The lowest BCUT2D eigenvalue weighted by Crippen LogP contribution is -2.23. The summed E-state index contributed by atoms with van der Waals surface area (Å²) in [5.74, 6) is 0.362. The Bertz CT molecular complexity index is 781. The summed E-state index contributed by atoms with van der Waals surface area (Å²) in [4.78, 5) is 30.0. The lowest BCUT2D eigenvalue weighted by Gasteiger charge is -2.12. The second-order valence-corrected chi connectivity index (χ2v) is 6.31. The molecular weight excluding hydrogens is 340 g/mol. The predicted octanol–water partition coefficient (Wildman–Crippen LogP) is 2.13. The van der Waals surface area contributed by atoms with Gasteiger partial charge in [0, 0.05) is 11.8 Å². The molecule has 0 spiro atoms. The Balaban J connectivity index is 2.05. The van der Waals surface area contributed by atoms with Crippen molar-refractivity contribution in [2.45, 2.75) is 17.3 Å². The molecule has 0 fully saturated rings. The van der Waals surface area contributed by atoms with Gasteiger partial charge >= 0.3 is 0 Å². The van der Waals surface area contributed by atoms with Gasteiger partial charge in [0.1, 0.15) is 11.6 Å². The number of hydrogen-bond acceptors (Lipinski definition) is 6. The molecular formula is C14H15ClN4O3S. The first-order valence-corrected chi connectivity index (χ1v) is 7.82. The molecule has 9 heteroatoms. The SMILES string of the molecule is COc1ccc(NC(=O)C(C)Sc2nc(N)cc(=O)[nH]2)cc1Cl. The van der Waals surface area contributed by atoms with E-state index in [4.69, 9.17) is 22.1 Å². The fraction of sp³-hybridized carbons (Fsp3) is 0.214. The number of carbonyl (C=O) groups excluding carboxylic acids is 1. The fourth-order valence-electron chi connectivity index (χ4n) is 1.72. The standard InChI is InChI=1S/C14H15ClN4O3S/c1-7(23-14-18-11(16)6-12(20)19-14)13(21)17-8-3-4-10(22-2)9(15)5-8/h3-7H,1-2H3,(H,17,21)(H3,16,18,19,20). The lowest BCUT2D eigenvalue weighted by atomic mass is 10.3. The highest BCUT2D eigenvalue weighted by Crippen LogP contribution is 2.28. The minimum atomic E-state index is -0.499. The number of anilines is 2. The summed E-state index contributed by atoms with van der Waals surface area (Å²) in [6.45, 7) is 1.69. The van der Waals surface area contributed by atoms with Crippen molar-refractivity contribution < 1.29 is 9.53 Å². The zero-order chi connectivity index (χ0) is 17.0. The van der Waals surface area contributed by atoms with Crippen LogP contribution in [0.4, 0.5) is 11.5 Å². The van der Waals surface area contributed by atoms with Crippen molar-refractivity contribution in [3.63, 3.8) is 0 Å². The van der Waals surface area contributed by atoms with Crippen molar-refractivity contribution in [2.75, 3.05) is 18.2 Å². The minimum absolute atomic E-state index is 0.103. The van der Waals surface area contributed by atoms with E-state index in [0.717, 1.165) is 11.8 Å². The van der Waals surface area contributed by atoms with Crippen molar-refractivity contribution in [1.82, 2.24) is 9.97 Å². The number of rotatable bonds is 5. The Hall–Kier alpha value is -2.19. The highest BCUT2D eigenvalue weighted by Gasteiger charge is 2.16. The molecule has 1 heterocycles. The summed E-state index contributed by atoms with van der Waals surface area (Å²) in [5, 5.41) is 2.91. The third-order valence-corrected chi connectivity index (χ3v) is 4.10. The Labute approximate surface area is 141 Å². The summed E-state index contributed by atoms with van der Waals surface area (Å²) in [5.41, 5.74) is 5.68. The summed E-state index contributed by atoms with van der Waals surface area (Å²) in [7, 11) is 1.51. The van der Waals surface area contributed by atoms with Crippen LogP contribution in [-0.4, -0.2) is 28.2 Å². The third-order valence-electron chi connectivity index (χ3n) is 2.82. The van der Waals surface area contributed by atoms with Crippen LogP contribution >= 0.6 is 23.4 Å². The quantitative estimate of drug-likeness (QED) is 0.560. The number of nitrogens with two attached hydrogens (primary N) is 1. The fourth-order valence-corrected chi connectivity index (χ4v) is 2.79. The van der Waals surface area contributed by atoms with Gasteiger partial charge in [0.15, 0.2) is 5.16 Å². The summed E-state index contributed by atoms with van der Waals surface area (Å²) in [6, 6.07) is 6.11. The Morgan fingerprint density at radius 2 is 2.22 bits per heavy atom. The number of amides is 1. The maximum absolute atomic E-state index is 12.2. The number of H-pyrrole nitrogens is 1. The van der Waals surface area contributed by atoms with Crippen LogP contribution in [0, 0.1) is 0 Å². The van der Waals surface area contributed by atoms with Gasteiger partial charge in [0.2, 0.25) is 5.91 Å². The molecule has 122 valence electrons. The molecule has 1 aromatic heterocycles. The first-order valence-electron chi connectivity index (χ1n) is 6.57. The van der Waals surface area contributed by atoms with Gasteiger partial charge in [-0.2, -0.15) is 0 Å². The molecule has 2 rings (SSSR count). The number of methoxy groups -OCH3 is 1. The van der Waals surface area contributed by atoms with Crippen LogP contribution in [0.5, 0.6) is 5.75 Å². The Morgan fingerprint density at radius 1 is 1.48 bits per heavy atom. The molecule has 23 heavy (non-hydrogen) atoms. The van der Waals surface area contributed by atoms with Crippen LogP contribution < -0.4 is 21.3 Å². The smallest absolute Gasteiger partial charge is 0.253 e. The number of carbonyl (C=O) groups is 1. The van der Waals surface area contributed by atoms with Gasteiger partial charge in [-0.1, -0.05) is 23.4 Å². The molecule has 0 saturated heterocycles. The van der Waals surface area contributed by atoms with Crippen LogP contribution in [0.2, 0.25) is 5.02 Å². The molecule has 0 bridgehead atoms. The van der Waals surface area contributed by atoms with E-state index in [1.54, 1.807) is 25.1 Å². The molecule has 1 amide bonds. The summed E-state index contributed by atoms with van der Waals surface area (Å²) < 4.78 is 5.05. The summed E-state index contributed by atoms with van der Waals surface area (Å²) in [6.07, 6.45) is 0.